The molecule has 1 aliphatic heterocycles. The average Bonchev–Trinajstić information content (AvgIpc) is 2.52. The summed E-state index contributed by atoms with van der Waals surface area (Å²) in [5.41, 5.74) is -0.122. The van der Waals surface area contributed by atoms with Crippen molar-refractivity contribution < 1.29 is 9.53 Å². The highest BCUT2D eigenvalue weighted by Gasteiger charge is 2.30. The van der Waals surface area contributed by atoms with Crippen molar-refractivity contribution in [1.82, 2.24) is 10.6 Å². The lowest BCUT2D eigenvalue weighted by Gasteiger charge is -2.23. The van der Waals surface area contributed by atoms with Crippen LogP contribution in [0.15, 0.2) is 0 Å². The minimum absolute atomic E-state index is 0.122. The molecule has 1 fully saturated rings. The predicted octanol–water partition coefficient (Wildman–Crippen LogP) is 1.26. The Hall–Kier alpha value is -0.770. The van der Waals surface area contributed by atoms with Crippen LogP contribution in [0.25, 0.3) is 0 Å². The molecule has 1 unspecified atom stereocenters. The first-order valence-corrected chi connectivity index (χ1v) is 5.32. The van der Waals surface area contributed by atoms with Crippen molar-refractivity contribution in [2.45, 2.75) is 38.6 Å². The van der Waals surface area contributed by atoms with Crippen molar-refractivity contribution >= 4 is 6.09 Å². The van der Waals surface area contributed by atoms with Gasteiger partial charge in [-0.1, -0.05) is 13.3 Å². The predicted molar refractivity (Wildman–Crippen MR) is 55.3 cm³/mol. The molecule has 0 aromatic rings. The van der Waals surface area contributed by atoms with Crippen LogP contribution in [-0.2, 0) is 4.74 Å². The maximum atomic E-state index is 11.3. The molecule has 0 aromatic carbocycles. The van der Waals surface area contributed by atoms with Gasteiger partial charge in [-0.2, -0.15) is 0 Å². The fraction of sp³-hybridized carbons (Fsp3) is 0.900. The van der Waals surface area contributed by atoms with Gasteiger partial charge >= 0.3 is 6.09 Å². The van der Waals surface area contributed by atoms with Crippen molar-refractivity contribution in [2.75, 3.05) is 19.7 Å². The summed E-state index contributed by atoms with van der Waals surface area (Å²) >= 11 is 0. The maximum absolute atomic E-state index is 11.3. The van der Waals surface area contributed by atoms with E-state index in [1.807, 2.05) is 6.92 Å². The molecule has 14 heavy (non-hydrogen) atoms. The summed E-state index contributed by atoms with van der Waals surface area (Å²) in [5, 5.41) is 6.11. The van der Waals surface area contributed by atoms with Gasteiger partial charge in [0, 0.05) is 6.54 Å². The second-order valence-corrected chi connectivity index (χ2v) is 4.10. The normalized spacial score (nSPS) is 26.1. The highest BCUT2D eigenvalue weighted by Crippen LogP contribution is 2.13. The summed E-state index contributed by atoms with van der Waals surface area (Å²) < 4.78 is 5.03. The first-order chi connectivity index (χ1) is 6.66. The third kappa shape index (κ3) is 3.54. The smallest absolute Gasteiger partial charge is 0.407 e. The molecule has 1 amide bonds. The van der Waals surface area contributed by atoms with Crippen LogP contribution >= 0.6 is 0 Å². The highest BCUT2D eigenvalue weighted by molar-refractivity contribution is 5.68. The Bertz CT molecular complexity index is 189. The van der Waals surface area contributed by atoms with E-state index < -0.39 is 0 Å². The number of ether oxygens (including phenoxy) is 1. The molecule has 1 aliphatic rings. The van der Waals surface area contributed by atoms with E-state index in [2.05, 4.69) is 17.6 Å². The Labute approximate surface area is 85.4 Å². The van der Waals surface area contributed by atoms with Gasteiger partial charge in [-0.05, 0) is 26.3 Å². The molecule has 0 bridgehead atoms. The van der Waals surface area contributed by atoms with E-state index in [1.165, 1.54) is 0 Å². The van der Waals surface area contributed by atoms with Crippen molar-refractivity contribution in [3.05, 3.63) is 0 Å². The number of hydrogen-bond donors (Lipinski definition) is 2. The molecule has 82 valence electrons. The molecule has 4 heteroatoms. The van der Waals surface area contributed by atoms with E-state index in [1.54, 1.807) is 0 Å². The van der Waals surface area contributed by atoms with Gasteiger partial charge in [-0.15, -0.1) is 0 Å². The van der Waals surface area contributed by atoms with Gasteiger partial charge < -0.3 is 15.4 Å². The van der Waals surface area contributed by atoms with Crippen LogP contribution in [0, 0.1) is 0 Å². The van der Waals surface area contributed by atoms with E-state index >= 15 is 0 Å². The summed E-state index contributed by atoms with van der Waals surface area (Å²) in [6.07, 6.45) is 2.66. The number of rotatable bonds is 4. The summed E-state index contributed by atoms with van der Waals surface area (Å²) in [4.78, 5) is 11.3. The molecular weight excluding hydrogens is 180 g/mol. The van der Waals surface area contributed by atoms with E-state index in [4.69, 9.17) is 4.74 Å². The van der Waals surface area contributed by atoms with Crippen molar-refractivity contribution in [3.8, 4) is 0 Å². The minimum Gasteiger partial charge on any atom is -0.450 e. The van der Waals surface area contributed by atoms with Gasteiger partial charge in [0.1, 0.15) is 0 Å². The van der Waals surface area contributed by atoms with E-state index in [0.29, 0.717) is 6.61 Å². The third-order valence-electron chi connectivity index (χ3n) is 2.50. The number of hydrogen-bond acceptors (Lipinski definition) is 3. The van der Waals surface area contributed by atoms with Gasteiger partial charge in [0.05, 0.1) is 12.1 Å². The molecule has 0 aromatic heterocycles. The third-order valence-corrected chi connectivity index (χ3v) is 2.50. The molecule has 0 radical (unpaired) electrons. The monoisotopic (exact) mass is 200 g/mol. The summed E-state index contributed by atoms with van der Waals surface area (Å²) in [7, 11) is 0. The molecule has 1 rings (SSSR count). The average molecular weight is 200 g/mol. The van der Waals surface area contributed by atoms with Crippen LogP contribution in [0.1, 0.15) is 33.1 Å². The largest absolute Gasteiger partial charge is 0.450 e. The number of unbranched alkanes of at least 4 members (excludes halogenated alkanes) is 1. The zero-order chi connectivity index (χ0) is 10.4. The first-order valence-electron chi connectivity index (χ1n) is 5.32. The number of nitrogens with one attached hydrogen (secondary N) is 2. The Morgan fingerprint density at radius 2 is 2.43 bits per heavy atom. The molecule has 1 heterocycles. The topological polar surface area (TPSA) is 50.4 Å². The van der Waals surface area contributed by atoms with Crippen LogP contribution in [0.3, 0.4) is 0 Å². The zero-order valence-corrected chi connectivity index (χ0v) is 9.06. The number of alkyl carbamates (subject to hydrolysis) is 1. The molecular formula is C10H20N2O2. The van der Waals surface area contributed by atoms with Crippen LogP contribution in [0.4, 0.5) is 4.79 Å². The summed E-state index contributed by atoms with van der Waals surface area (Å²) in [6, 6.07) is 0. The molecule has 4 nitrogen and oxygen atoms in total. The lowest BCUT2D eigenvalue weighted by atomic mass is 10.0. The second kappa shape index (κ2) is 5.20. The highest BCUT2D eigenvalue weighted by atomic mass is 16.5. The van der Waals surface area contributed by atoms with Crippen molar-refractivity contribution in [3.63, 3.8) is 0 Å². The number of carbonyl (C=O) groups is 1. The van der Waals surface area contributed by atoms with E-state index in [-0.39, 0.29) is 11.6 Å². The minimum atomic E-state index is -0.287. The molecule has 0 aliphatic carbocycles. The van der Waals surface area contributed by atoms with Crippen LogP contribution in [-0.4, -0.2) is 31.3 Å². The number of amides is 1. The molecule has 1 atom stereocenters. The van der Waals surface area contributed by atoms with Gasteiger partial charge in [0.2, 0.25) is 0 Å². The van der Waals surface area contributed by atoms with Crippen LogP contribution in [0.2, 0.25) is 0 Å². The van der Waals surface area contributed by atoms with Gasteiger partial charge in [0.25, 0.3) is 0 Å². The Balaban J connectivity index is 2.19. The standard InChI is InChI=1S/C10H20N2O2/c1-3-4-7-14-9(13)12-10(2)5-6-11-8-10/h11H,3-8H2,1-2H3,(H,12,13). The number of carbonyl (C=O) groups excluding carboxylic acids is 1. The molecule has 2 N–H and O–H groups in total. The lowest BCUT2D eigenvalue weighted by Crippen LogP contribution is -2.47. The second-order valence-electron chi connectivity index (χ2n) is 4.10. The Morgan fingerprint density at radius 1 is 1.64 bits per heavy atom. The molecule has 0 spiro atoms. The van der Waals surface area contributed by atoms with E-state index in [0.717, 1.165) is 32.4 Å². The fourth-order valence-electron chi connectivity index (χ4n) is 1.52. The zero-order valence-electron chi connectivity index (χ0n) is 9.06. The summed E-state index contributed by atoms with van der Waals surface area (Å²) in [6.45, 7) is 6.42. The quantitative estimate of drug-likeness (QED) is 0.672. The fourth-order valence-corrected chi connectivity index (χ4v) is 1.52. The Morgan fingerprint density at radius 3 is 3.00 bits per heavy atom. The SMILES string of the molecule is CCCCOC(=O)NC1(C)CCNC1. The van der Waals surface area contributed by atoms with Gasteiger partial charge in [0.15, 0.2) is 0 Å². The van der Waals surface area contributed by atoms with Gasteiger partial charge in [-0.3, -0.25) is 0 Å². The lowest BCUT2D eigenvalue weighted by molar-refractivity contribution is 0.134. The summed E-state index contributed by atoms with van der Waals surface area (Å²) in [5.74, 6) is 0. The van der Waals surface area contributed by atoms with Crippen molar-refractivity contribution in [1.29, 1.82) is 0 Å². The van der Waals surface area contributed by atoms with Crippen molar-refractivity contribution in [2.24, 2.45) is 0 Å². The van der Waals surface area contributed by atoms with Crippen LogP contribution in [0.5, 0.6) is 0 Å². The molecule has 0 saturated carbocycles. The van der Waals surface area contributed by atoms with Gasteiger partial charge in [-0.25, -0.2) is 4.79 Å². The van der Waals surface area contributed by atoms with E-state index in [9.17, 15) is 4.79 Å². The van der Waals surface area contributed by atoms with Crippen LogP contribution < -0.4 is 10.6 Å². The molecule has 1 saturated heterocycles. The maximum Gasteiger partial charge on any atom is 0.407 e. The first kappa shape index (κ1) is 11.3. The Kier molecular flexibility index (Phi) is 4.20.